The molecule has 3 aromatic heterocycles. The van der Waals surface area contributed by atoms with Crippen molar-refractivity contribution >= 4 is 17.1 Å². The Morgan fingerprint density at radius 3 is 2.67 bits per heavy atom. The molecule has 4 heterocycles. The van der Waals surface area contributed by atoms with Gasteiger partial charge in [0.2, 0.25) is 0 Å². The zero-order valence-electron chi connectivity index (χ0n) is 16.4. The monoisotopic (exact) mass is 399 g/mol. The molecular formula is C23H21N5O2. The van der Waals surface area contributed by atoms with E-state index in [2.05, 4.69) is 9.97 Å². The maximum Gasteiger partial charge on any atom is 0.330 e. The predicted octanol–water partition coefficient (Wildman–Crippen LogP) is 2.73. The van der Waals surface area contributed by atoms with E-state index in [1.54, 1.807) is 44.8 Å². The number of imidazole rings is 1. The maximum absolute atomic E-state index is 13.4. The van der Waals surface area contributed by atoms with E-state index in [-0.39, 0.29) is 17.6 Å². The lowest BCUT2D eigenvalue weighted by molar-refractivity contribution is 0.0787. The second-order valence-corrected chi connectivity index (χ2v) is 7.51. The number of nitrogens with zero attached hydrogens (tertiary/aromatic N) is 5. The van der Waals surface area contributed by atoms with E-state index in [4.69, 9.17) is 0 Å². The molecule has 7 heteroatoms. The van der Waals surface area contributed by atoms with Crippen molar-refractivity contribution in [1.29, 1.82) is 0 Å². The van der Waals surface area contributed by atoms with Crippen molar-refractivity contribution in [3.8, 4) is 0 Å². The van der Waals surface area contributed by atoms with Crippen LogP contribution in [0.2, 0.25) is 0 Å². The van der Waals surface area contributed by atoms with E-state index in [0.717, 1.165) is 11.1 Å². The van der Waals surface area contributed by atoms with Gasteiger partial charge in [0, 0.05) is 31.7 Å². The van der Waals surface area contributed by atoms with Crippen LogP contribution in [0.4, 0.5) is 0 Å². The molecule has 0 unspecified atom stereocenters. The normalized spacial score (nSPS) is 16.3. The van der Waals surface area contributed by atoms with Crippen molar-refractivity contribution < 1.29 is 4.79 Å². The highest BCUT2D eigenvalue weighted by Crippen LogP contribution is 2.25. The predicted molar refractivity (Wildman–Crippen MR) is 113 cm³/mol. The summed E-state index contributed by atoms with van der Waals surface area (Å²) in [6.07, 6.45) is 5.65. The number of amides is 1. The average molecular weight is 399 g/mol. The van der Waals surface area contributed by atoms with E-state index in [9.17, 15) is 9.59 Å². The topological polar surface area (TPSA) is 73.0 Å². The van der Waals surface area contributed by atoms with Crippen LogP contribution >= 0.6 is 0 Å². The first kappa shape index (κ1) is 18.3. The number of carbonyl (C=O) groups is 1. The van der Waals surface area contributed by atoms with Gasteiger partial charge < -0.3 is 4.90 Å². The zero-order valence-corrected chi connectivity index (χ0v) is 16.4. The fourth-order valence-electron chi connectivity index (χ4n) is 4.17. The maximum atomic E-state index is 13.4. The highest BCUT2D eigenvalue weighted by molar-refractivity contribution is 5.94. The number of carbonyl (C=O) groups excluding carboxylic acids is 1. The van der Waals surface area contributed by atoms with Gasteiger partial charge in [-0.15, -0.1) is 0 Å². The van der Waals surface area contributed by atoms with Gasteiger partial charge in [0.25, 0.3) is 5.91 Å². The summed E-state index contributed by atoms with van der Waals surface area (Å²) in [6.45, 7) is 1.57. The molecular weight excluding hydrogens is 378 g/mol. The van der Waals surface area contributed by atoms with Crippen molar-refractivity contribution in [2.75, 3.05) is 13.1 Å². The molecule has 0 N–H and O–H groups in total. The second-order valence-electron chi connectivity index (χ2n) is 7.51. The Bertz CT molecular complexity index is 1250. The summed E-state index contributed by atoms with van der Waals surface area (Å²) in [7, 11) is 0. The Balaban J connectivity index is 1.49. The van der Waals surface area contributed by atoms with Crippen LogP contribution in [0.25, 0.3) is 11.2 Å². The van der Waals surface area contributed by atoms with Crippen LogP contribution in [-0.2, 0) is 6.54 Å². The zero-order chi connectivity index (χ0) is 20.5. The molecule has 1 fully saturated rings. The molecule has 0 radical (unpaired) electrons. The number of likely N-dealkylation sites (tertiary alicyclic amines) is 1. The molecule has 1 atom stereocenters. The summed E-state index contributed by atoms with van der Waals surface area (Å²) in [4.78, 5) is 36.5. The van der Waals surface area contributed by atoms with Crippen LogP contribution < -0.4 is 5.69 Å². The summed E-state index contributed by atoms with van der Waals surface area (Å²) in [5.74, 6) is -0.0559. The minimum atomic E-state index is -0.104. The van der Waals surface area contributed by atoms with Crippen molar-refractivity contribution in [2.24, 2.45) is 0 Å². The first-order chi connectivity index (χ1) is 14.7. The molecule has 4 aromatic rings. The van der Waals surface area contributed by atoms with Gasteiger partial charge in [0.05, 0.1) is 23.7 Å². The highest BCUT2D eigenvalue weighted by atomic mass is 16.2. The number of rotatable bonds is 4. The Morgan fingerprint density at radius 2 is 1.87 bits per heavy atom. The van der Waals surface area contributed by atoms with Gasteiger partial charge in [0.15, 0.2) is 5.65 Å². The van der Waals surface area contributed by atoms with Crippen LogP contribution in [0.1, 0.15) is 28.4 Å². The lowest BCUT2D eigenvalue weighted by Gasteiger charge is -2.16. The molecule has 0 spiro atoms. The number of hydrogen-bond acceptors (Lipinski definition) is 4. The minimum Gasteiger partial charge on any atom is -0.336 e. The fourth-order valence-corrected chi connectivity index (χ4v) is 4.17. The molecule has 0 bridgehead atoms. The van der Waals surface area contributed by atoms with Crippen LogP contribution in [-0.4, -0.2) is 43.0 Å². The van der Waals surface area contributed by atoms with Gasteiger partial charge in [-0.3, -0.25) is 18.9 Å². The third-order valence-corrected chi connectivity index (χ3v) is 5.63. The number of fused-ring (bicyclic) bond motifs is 1. The first-order valence-corrected chi connectivity index (χ1v) is 10.0. The summed E-state index contributed by atoms with van der Waals surface area (Å²) >= 11 is 0. The van der Waals surface area contributed by atoms with Crippen molar-refractivity contribution in [3.63, 3.8) is 0 Å². The summed E-state index contributed by atoms with van der Waals surface area (Å²) in [5, 5.41) is 0. The van der Waals surface area contributed by atoms with Crippen LogP contribution in [0.15, 0.2) is 78.0 Å². The molecule has 5 rings (SSSR count). The van der Waals surface area contributed by atoms with Gasteiger partial charge in [0.1, 0.15) is 0 Å². The number of hydrogen-bond donors (Lipinski definition) is 0. The summed E-state index contributed by atoms with van der Waals surface area (Å²) in [5.41, 5.74) is 3.01. The molecule has 1 aliphatic rings. The second kappa shape index (κ2) is 7.59. The van der Waals surface area contributed by atoms with E-state index < -0.39 is 0 Å². The van der Waals surface area contributed by atoms with E-state index in [0.29, 0.717) is 37.3 Å². The number of benzene rings is 1. The third kappa shape index (κ3) is 3.18. The number of pyridine rings is 2. The largest absolute Gasteiger partial charge is 0.336 e. The molecule has 30 heavy (non-hydrogen) atoms. The summed E-state index contributed by atoms with van der Waals surface area (Å²) in [6, 6.07) is 17.1. The van der Waals surface area contributed by atoms with Gasteiger partial charge in [-0.2, -0.15) is 0 Å². The van der Waals surface area contributed by atoms with Gasteiger partial charge in [-0.1, -0.05) is 30.3 Å². The fraction of sp³-hybridized carbons (Fsp3) is 0.217. The molecule has 1 amide bonds. The highest BCUT2D eigenvalue weighted by Gasteiger charge is 2.31. The lowest BCUT2D eigenvalue weighted by atomic mass is 10.2. The van der Waals surface area contributed by atoms with E-state index in [1.807, 2.05) is 42.5 Å². The van der Waals surface area contributed by atoms with Crippen LogP contribution in [0.3, 0.4) is 0 Å². The van der Waals surface area contributed by atoms with Crippen molar-refractivity contribution in [1.82, 2.24) is 24.0 Å². The quantitative estimate of drug-likeness (QED) is 0.529. The average Bonchev–Trinajstić information content (AvgIpc) is 3.38. The Hall–Kier alpha value is -3.74. The molecule has 0 saturated carbocycles. The van der Waals surface area contributed by atoms with Crippen LogP contribution in [0, 0.1) is 0 Å². The molecule has 1 aliphatic heterocycles. The van der Waals surface area contributed by atoms with E-state index >= 15 is 0 Å². The Morgan fingerprint density at radius 1 is 1.03 bits per heavy atom. The van der Waals surface area contributed by atoms with Gasteiger partial charge in [-0.05, 0) is 36.2 Å². The van der Waals surface area contributed by atoms with Crippen LogP contribution in [0.5, 0.6) is 0 Å². The molecule has 1 aromatic carbocycles. The molecule has 0 aliphatic carbocycles. The third-order valence-electron chi connectivity index (χ3n) is 5.63. The SMILES string of the molecule is O=C(c1cccnc1)N1CC[C@@H](n2c(=O)n(Cc3ccccc3)c3cccnc32)C1. The van der Waals surface area contributed by atoms with Crippen molar-refractivity contribution in [2.45, 2.75) is 19.0 Å². The number of aromatic nitrogens is 4. The van der Waals surface area contributed by atoms with E-state index in [1.165, 1.54) is 0 Å². The van der Waals surface area contributed by atoms with Gasteiger partial charge in [-0.25, -0.2) is 9.78 Å². The minimum absolute atomic E-state index is 0.0559. The Kier molecular flexibility index (Phi) is 4.63. The first-order valence-electron chi connectivity index (χ1n) is 10.0. The standard InChI is InChI=1S/C23H21N5O2/c29-22(18-8-4-11-24-14-18)26-13-10-19(16-26)28-21-20(9-5-12-25-21)27(23(28)30)15-17-6-2-1-3-7-17/h1-9,11-12,14,19H,10,13,15-16H2/t19-/m1/s1. The molecule has 7 nitrogen and oxygen atoms in total. The smallest absolute Gasteiger partial charge is 0.330 e. The van der Waals surface area contributed by atoms with Crippen molar-refractivity contribution in [3.05, 3.63) is 94.8 Å². The molecule has 1 saturated heterocycles. The summed E-state index contributed by atoms with van der Waals surface area (Å²) < 4.78 is 3.53. The Labute approximate surface area is 173 Å². The molecule has 150 valence electrons. The van der Waals surface area contributed by atoms with Gasteiger partial charge >= 0.3 is 5.69 Å². The lowest BCUT2D eigenvalue weighted by Crippen LogP contribution is -2.32.